The second-order valence-electron chi connectivity index (χ2n) is 14.9. The average molecular weight is 693 g/mol. The summed E-state index contributed by atoms with van der Waals surface area (Å²) in [5, 5.41) is 4.73. The van der Waals surface area contributed by atoms with E-state index in [1.807, 2.05) is 12.1 Å². The van der Waals surface area contributed by atoms with Crippen LogP contribution >= 0.6 is 0 Å². The zero-order valence-electron chi connectivity index (χ0n) is 30.1. The van der Waals surface area contributed by atoms with E-state index in [1.165, 1.54) is 49.7 Å². The van der Waals surface area contributed by atoms with E-state index in [2.05, 4.69) is 193 Å². The van der Waals surface area contributed by atoms with Crippen LogP contribution < -0.4 is 4.90 Å². The first-order valence-corrected chi connectivity index (χ1v) is 18.7. The maximum Gasteiger partial charge on any atom is 0.136 e. The summed E-state index contributed by atoms with van der Waals surface area (Å²) in [6.07, 6.45) is 0. The third kappa shape index (κ3) is 4.42. The molecule has 0 atom stereocenters. The van der Waals surface area contributed by atoms with Gasteiger partial charge in [0.1, 0.15) is 11.2 Å². The molecule has 0 unspecified atom stereocenters. The second-order valence-corrected chi connectivity index (χ2v) is 14.9. The lowest BCUT2D eigenvalue weighted by Gasteiger charge is -2.29. The van der Waals surface area contributed by atoms with Crippen molar-refractivity contribution in [3.05, 3.63) is 193 Å². The van der Waals surface area contributed by atoms with Gasteiger partial charge in [0.2, 0.25) is 0 Å². The summed E-state index contributed by atoms with van der Waals surface area (Å²) in [5.41, 5.74) is 16.2. The SMILES string of the molecule is CC1(C)c2ccccc2-c2c(N(c3ccc(-c4ccc5c(c4)oc4ccccc45)cc3)c3cccc4c3c3ccccc3n4-c3ccccc3)cccc21. The van der Waals surface area contributed by atoms with Crippen molar-refractivity contribution >= 4 is 60.8 Å². The molecule has 0 spiro atoms. The molecule has 0 saturated carbocycles. The van der Waals surface area contributed by atoms with Crippen LogP contribution in [0.4, 0.5) is 17.1 Å². The first kappa shape index (κ1) is 30.8. The molecule has 0 saturated heterocycles. The van der Waals surface area contributed by atoms with Crippen LogP contribution in [-0.2, 0) is 5.41 Å². The van der Waals surface area contributed by atoms with Gasteiger partial charge in [0.05, 0.1) is 22.4 Å². The van der Waals surface area contributed by atoms with Gasteiger partial charge in [-0.05, 0) is 94.5 Å². The quantitative estimate of drug-likeness (QED) is 0.179. The first-order valence-electron chi connectivity index (χ1n) is 18.7. The van der Waals surface area contributed by atoms with Crippen molar-refractivity contribution in [3.63, 3.8) is 0 Å². The fourth-order valence-corrected chi connectivity index (χ4v) is 9.08. The normalized spacial score (nSPS) is 13.1. The zero-order chi connectivity index (χ0) is 36.0. The molecule has 0 N–H and O–H groups in total. The highest BCUT2D eigenvalue weighted by atomic mass is 16.3. The molecular formula is C51H36N2O. The van der Waals surface area contributed by atoms with Crippen molar-refractivity contribution < 1.29 is 4.42 Å². The van der Waals surface area contributed by atoms with E-state index in [0.29, 0.717) is 0 Å². The highest BCUT2D eigenvalue weighted by Crippen LogP contribution is 2.55. The molecule has 3 nitrogen and oxygen atoms in total. The molecule has 3 heteroatoms. The van der Waals surface area contributed by atoms with Crippen LogP contribution in [0.3, 0.4) is 0 Å². The van der Waals surface area contributed by atoms with E-state index in [1.54, 1.807) is 0 Å². The zero-order valence-corrected chi connectivity index (χ0v) is 30.1. The summed E-state index contributed by atoms with van der Waals surface area (Å²) in [7, 11) is 0. The standard InChI is InChI=1S/C51H36N2O/c1-51(2)41-19-9-6-17-39(41)49-42(51)20-12-22-44(49)53(36-29-26-33(27-30-36)34-28-31-38-37-16-8-11-25-47(37)54-48(38)32-34)46-24-13-23-45-50(46)40-18-7-10-21-43(40)52(45)35-14-4-3-5-15-35/h3-32H,1-2H3. The minimum absolute atomic E-state index is 0.123. The summed E-state index contributed by atoms with van der Waals surface area (Å²) >= 11 is 0. The van der Waals surface area contributed by atoms with Gasteiger partial charge in [0.15, 0.2) is 0 Å². The molecule has 11 rings (SSSR count). The molecule has 0 fully saturated rings. The van der Waals surface area contributed by atoms with Crippen molar-refractivity contribution in [1.29, 1.82) is 0 Å². The van der Waals surface area contributed by atoms with Crippen LogP contribution in [0.1, 0.15) is 25.0 Å². The minimum Gasteiger partial charge on any atom is -0.456 e. The summed E-state index contributed by atoms with van der Waals surface area (Å²) in [6, 6.07) is 65.9. The Morgan fingerprint density at radius 3 is 2.00 bits per heavy atom. The van der Waals surface area contributed by atoms with E-state index in [0.717, 1.165) is 50.1 Å². The largest absolute Gasteiger partial charge is 0.456 e. The molecule has 1 aliphatic carbocycles. The third-order valence-corrected chi connectivity index (χ3v) is 11.6. The molecular weight excluding hydrogens is 657 g/mol. The van der Waals surface area contributed by atoms with E-state index in [9.17, 15) is 0 Å². The molecule has 0 radical (unpaired) electrons. The summed E-state index contributed by atoms with van der Waals surface area (Å²) < 4.78 is 8.68. The maximum atomic E-state index is 6.28. The number of fused-ring (bicyclic) bond motifs is 9. The second kappa shape index (κ2) is 11.6. The van der Waals surface area contributed by atoms with Crippen molar-refractivity contribution in [1.82, 2.24) is 4.57 Å². The minimum atomic E-state index is -0.123. The van der Waals surface area contributed by atoms with Gasteiger partial charge in [-0.1, -0.05) is 129 Å². The molecule has 256 valence electrons. The number of anilines is 3. The number of hydrogen-bond acceptors (Lipinski definition) is 2. The fourth-order valence-electron chi connectivity index (χ4n) is 9.08. The Kier molecular flexibility index (Phi) is 6.60. The molecule has 0 bridgehead atoms. The number of furan rings is 1. The number of hydrogen-bond donors (Lipinski definition) is 0. The molecule has 1 aliphatic rings. The molecule has 10 aromatic rings. The van der Waals surface area contributed by atoms with Crippen molar-refractivity contribution in [2.75, 3.05) is 4.90 Å². The lowest BCUT2D eigenvalue weighted by Crippen LogP contribution is -2.16. The fraction of sp³-hybridized carbons (Fsp3) is 0.0588. The number of benzene rings is 8. The Morgan fingerprint density at radius 2 is 1.13 bits per heavy atom. The van der Waals surface area contributed by atoms with Crippen molar-refractivity contribution in [2.24, 2.45) is 0 Å². The topological polar surface area (TPSA) is 21.3 Å². The Hall–Kier alpha value is -6.84. The number of aromatic nitrogens is 1. The number of rotatable bonds is 5. The summed E-state index contributed by atoms with van der Waals surface area (Å²) in [5.74, 6) is 0. The van der Waals surface area contributed by atoms with Gasteiger partial charge in [-0.15, -0.1) is 0 Å². The maximum absolute atomic E-state index is 6.28. The van der Waals surface area contributed by atoms with Crippen molar-refractivity contribution in [2.45, 2.75) is 19.3 Å². The Morgan fingerprint density at radius 1 is 0.481 bits per heavy atom. The van der Waals surface area contributed by atoms with E-state index in [4.69, 9.17) is 4.42 Å². The highest BCUT2D eigenvalue weighted by molar-refractivity contribution is 6.17. The first-order chi connectivity index (χ1) is 26.6. The molecule has 8 aromatic carbocycles. The molecule has 2 heterocycles. The Labute approximate surface area is 314 Å². The van der Waals surface area contributed by atoms with Crippen LogP contribution in [0, 0.1) is 0 Å². The Bertz CT molecular complexity index is 3070. The van der Waals surface area contributed by atoms with E-state index < -0.39 is 0 Å². The smallest absolute Gasteiger partial charge is 0.136 e. The van der Waals surface area contributed by atoms with Gasteiger partial charge in [0.25, 0.3) is 0 Å². The van der Waals surface area contributed by atoms with E-state index in [-0.39, 0.29) is 5.41 Å². The molecule has 0 amide bonds. The Balaban J connectivity index is 1.15. The lowest BCUT2D eigenvalue weighted by molar-refractivity contribution is 0.660. The third-order valence-electron chi connectivity index (χ3n) is 11.6. The highest BCUT2D eigenvalue weighted by Gasteiger charge is 2.38. The molecule has 0 aliphatic heterocycles. The van der Waals surface area contributed by atoms with Gasteiger partial charge >= 0.3 is 0 Å². The lowest BCUT2D eigenvalue weighted by atomic mass is 9.82. The predicted octanol–water partition coefficient (Wildman–Crippen LogP) is 14.1. The van der Waals surface area contributed by atoms with Gasteiger partial charge in [-0.25, -0.2) is 0 Å². The summed E-state index contributed by atoms with van der Waals surface area (Å²) in [6.45, 7) is 4.71. The average Bonchev–Trinajstić information content (AvgIpc) is 3.84. The van der Waals surface area contributed by atoms with Crippen LogP contribution in [0.15, 0.2) is 186 Å². The van der Waals surface area contributed by atoms with Gasteiger partial charge in [0, 0.05) is 43.9 Å². The molecule has 2 aromatic heterocycles. The van der Waals surface area contributed by atoms with Crippen LogP contribution in [0.2, 0.25) is 0 Å². The van der Waals surface area contributed by atoms with Crippen molar-refractivity contribution in [3.8, 4) is 27.9 Å². The number of para-hydroxylation sites is 3. The summed E-state index contributed by atoms with van der Waals surface area (Å²) in [4.78, 5) is 2.49. The predicted molar refractivity (Wildman–Crippen MR) is 226 cm³/mol. The van der Waals surface area contributed by atoms with Crippen LogP contribution in [0.5, 0.6) is 0 Å². The molecule has 54 heavy (non-hydrogen) atoms. The monoisotopic (exact) mass is 692 g/mol. The van der Waals surface area contributed by atoms with E-state index >= 15 is 0 Å². The van der Waals surface area contributed by atoms with Gasteiger partial charge < -0.3 is 13.9 Å². The van der Waals surface area contributed by atoms with Gasteiger partial charge in [-0.2, -0.15) is 0 Å². The van der Waals surface area contributed by atoms with Crippen LogP contribution in [0.25, 0.3) is 71.7 Å². The number of nitrogens with zero attached hydrogens (tertiary/aromatic N) is 2. The van der Waals surface area contributed by atoms with Gasteiger partial charge in [-0.3, -0.25) is 0 Å². The van der Waals surface area contributed by atoms with Crippen LogP contribution in [-0.4, -0.2) is 4.57 Å².